The molecule has 2 aromatic carbocycles. The zero-order chi connectivity index (χ0) is 16.7. The molecule has 0 unspecified atom stereocenters. The van der Waals surface area contributed by atoms with Gasteiger partial charge in [0.2, 0.25) is 0 Å². The van der Waals surface area contributed by atoms with Crippen molar-refractivity contribution in [2.24, 2.45) is 5.16 Å². The van der Waals surface area contributed by atoms with Crippen LogP contribution in [-0.2, 0) is 16.2 Å². The van der Waals surface area contributed by atoms with E-state index in [1.165, 1.54) is 12.3 Å². The van der Waals surface area contributed by atoms with Gasteiger partial charge in [-0.25, -0.2) is 4.39 Å². The van der Waals surface area contributed by atoms with E-state index < -0.39 is 5.82 Å². The number of halogens is 3. The van der Waals surface area contributed by atoms with Crippen molar-refractivity contribution in [2.45, 2.75) is 6.54 Å². The van der Waals surface area contributed by atoms with Gasteiger partial charge in [-0.2, -0.15) is 0 Å². The van der Waals surface area contributed by atoms with Gasteiger partial charge in [0.1, 0.15) is 5.82 Å². The third kappa shape index (κ3) is 5.54. The summed E-state index contributed by atoms with van der Waals surface area (Å²) in [5.74, 6) is -0.789. The molecule has 0 bridgehead atoms. The number of hydrogen-bond donors (Lipinski definition) is 1. The van der Waals surface area contributed by atoms with Gasteiger partial charge in [0.25, 0.3) is 5.91 Å². The summed E-state index contributed by atoms with van der Waals surface area (Å²) in [6.45, 7) is -0.0363. The average Bonchev–Trinajstić information content (AvgIpc) is 2.52. The normalized spacial score (nSPS) is 10.7. The number of rotatable bonds is 6. The number of hydrogen-bond acceptors (Lipinski definition) is 3. The number of nitrogens with one attached hydrogen (secondary N) is 1. The Bertz CT molecular complexity index is 723. The molecule has 120 valence electrons. The van der Waals surface area contributed by atoms with Crippen LogP contribution in [0.15, 0.2) is 47.6 Å². The molecule has 0 aliphatic heterocycles. The van der Waals surface area contributed by atoms with Crippen LogP contribution < -0.4 is 5.32 Å². The molecule has 0 saturated carbocycles. The van der Waals surface area contributed by atoms with Gasteiger partial charge >= 0.3 is 0 Å². The zero-order valence-corrected chi connectivity index (χ0v) is 13.4. The Labute approximate surface area is 142 Å². The van der Waals surface area contributed by atoms with Crippen LogP contribution in [0.25, 0.3) is 0 Å². The molecule has 0 aliphatic carbocycles. The number of amides is 1. The van der Waals surface area contributed by atoms with Crippen LogP contribution in [0.1, 0.15) is 11.1 Å². The first kappa shape index (κ1) is 17.2. The quantitative estimate of drug-likeness (QED) is 0.633. The summed E-state index contributed by atoms with van der Waals surface area (Å²) in [5, 5.41) is 7.18. The van der Waals surface area contributed by atoms with E-state index in [-0.39, 0.29) is 24.6 Å². The van der Waals surface area contributed by atoms with Gasteiger partial charge in [0.05, 0.1) is 6.21 Å². The Balaban J connectivity index is 1.76. The Morgan fingerprint density at radius 3 is 2.78 bits per heavy atom. The molecular formula is C16H13Cl2FN2O2. The van der Waals surface area contributed by atoms with Crippen LogP contribution in [0.4, 0.5) is 4.39 Å². The fourth-order valence-corrected chi connectivity index (χ4v) is 2.15. The average molecular weight is 355 g/mol. The van der Waals surface area contributed by atoms with Crippen molar-refractivity contribution in [3.8, 4) is 0 Å². The molecule has 0 heterocycles. The van der Waals surface area contributed by atoms with Crippen molar-refractivity contribution in [3.63, 3.8) is 0 Å². The molecule has 0 atom stereocenters. The van der Waals surface area contributed by atoms with Crippen molar-refractivity contribution in [2.75, 3.05) is 6.61 Å². The summed E-state index contributed by atoms with van der Waals surface area (Å²) in [5.41, 5.74) is 1.01. The number of carbonyl (C=O) groups excluding carboxylic acids is 1. The maximum Gasteiger partial charge on any atom is 0.261 e. The Hall–Kier alpha value is -2.11. The standard InChI is InChI=1S/C16H13Cl2FN2O2/c17-13-6-5-11(14(18)7-13)8-20-16(22)10-23-21-9-12-3-1-2-4-15(12)19/h1-7,9H,8,10H2,(H,20,22)/b21-9-. The minimum absolute atomic E-state index is 0.245. The van der Waals surface area contributed by atoms with E-state index in [1.807, 2.05) is 0 Å². The van der Waals surface area contributed by atoms with Gasteiger partial charge in [0, 0.05) is 22.2 Å². The molecule has 0 aliphatic rings. The van der Waals surface area contributed by atoms with E-state index in [9.17, 15) is 9.18 Å². The summed E-state index contributed by atoms with van der Waals surface area (Å²) in [7, 11) is 0. The molecule has 7 heteroatoms. The van der Waals surface area contributed by atoms with E-state index in [0.717, 1.165) is 5.56 Å². The second-order valence-electron chi connectivity index (χ2n) is 4.54. The highest BCUT2D eigenvalue weighted by Gasteiger charge is 2.05. The van der Waals surface area contributed by atoms with Crippen LogP contribution in [0.3, 0.4) is 0 Å². The highest BCUT2D eigenvalue weighted by Crippen LogP contribution is 2.20. The SMILES string of the molecule is O=C(CO/N=C\c1ccccc1F)NCc1ccc(Cl)cc1Cl. The molecule has 2 aromatic rings. The fraction of sp³-hybridized carbons (Fsp3) is 0.125. The van der Waals surface area contributed by atoms with Crippen molar-refractivity contribution in [1.29, 1.82) is 0 Å². The molecule has 0 radical (unpaired) electrons. The lowest BCUT2D eigenvalue weighted by atomic mass is 10.2. The lowest BCUT2D eigenvalue weighted by Gasteiger charge is -2.06. The molecule has 0 saturated heterocycles. The first-order chi connectivity index (χ1) is 11.1. The summed E-state index contributed by atoms with van der Waals surface area (Å²) in [6, 6.07) is 11.1. The Morgan fingerprint density at radius 1 is 1.26 bits per heavy atom. The van der Waals surface area contributed by atoms with Gasteiger partial charge in [-0.15, -0.1) is 0 Å². The zero-order valence-electron chi connectivity index (χ0n) is 11.9. The van der Waals surface area contributed by atoms with E-state index in [4.69, 9.17) is 28.0 Å². The van der Waals surface area contributed by atoms with E-state index in [2.05, 4.69) is 10.5 Å². The third-order valence-electron chi connectivity index (χ3n) is 2.86. The highest BCUT2D eigenvalue weighted by atomic mass is 35.5. The van der Waals surface area contributed by atoms with Crippen LogP contribution in [-0.4, -0.2) is 18.7 Å². The molecule has 1 N–H and O–H groups in total. The molecule has 4 nitrogen and oxygen atoms in total. The predicted octanol–water partition coefficient (Wildman–Crippen LogP) is 3.80. The number of nitrogens with zero attached hydrogens (tertiary/aromatic N) is 1. The second-order valence-corrected chi connectivity index (χ2v) is 5.39. The van der Waals surface area contributed by atoms with Crippen molar-refractivity contribution in [1.82, 2.24) is 5.32 Å². The van der Waals surface area contributed by atoms with Gasteiger partial charge in [-0.05, 0) is 23.8 Å². The smallest absolute Gasteiger partial charge is 0.261 e. The minimum Gasteiger partial charge on any atom is -0.386 e. The molecule has 2 rings (SSSR count). The number of benzene rings is 2. The molecule has 0 spiro atoms. The Morgan fingerprint density at radius 2 is 2.04 bits per heavy atom. The van der Waals surface area contributed by atoms with Crippen LogP contribution in [0.5, 0.6) is 0 Å². The first-order valence-corrected chi connectivity index (χ1v) is 7.42. The molecule has 23 heavy (non-hydrogen) atoms. The molecule has 0 fully saturated rings. The van der Waals surface area contributed by atoms with Crippen molar-refractivity contribution in [3.05, 3.63) is 69.5 Å². The largest absolute Gasteiger partial charge is 0.386 e. The van der Waals surface area contributed by atoms with E-state index >= 15 is 0 Å². The summed E-state index contributed by atoms with van der Waals surface area (Å²) in [4.78, 5) is 16.4. The molecular weight excluding hydrogens is 342 g/mol. The van der Waals surface area contributed by atoms with E-state index in [1.54, 1.807) is 36.4 Å². The minimum atomic E-state index is -0.415. The third-order valence-corrected chi connectivity index (χ3v) is 3.45. The summed E-state index contributed by atoms with van der Waals surface area (Å²) in [6.07, 6.45) is 1.21. The maximum atomic E-state index is 13.3. The highest BCUT2D eigenvalue weighted by molar-refractivity contribution is 6.35. The lowest BCUT2D eigenvalue weighted by molar-refractivity contribution is -0.125. The van der Waals surface area contributed by atoms with Gasteiger partial charge in [-0.3, -0.25) is 4.79 Å². The number of carbonyl (C=O) groups is 1. The monoisotopic (exact) mass is 354 g/mol. The van der Waals surface area contributed by atoms with Gasteiger partial charge in [-0.1, -0.05) is 52.6 Å². The summed E-state index contributed by atoms with van der Waals surface area (Å²) >= 11 is 11.8. The van der Waals surface area contributed by atoms with Crippen molar-refractivity contribution < 1.29 is 14.0 Å². The topological polar surface area (TPSA) is 50.7 Å². The van der Waals surface area contributed by atoms with Gasteiger partial charge < -0.3 is 10.2 Å². The number of oxime groups is 1. The van der Waals surface area contributed by atoms with Crippen LogP contribution in [0.2, 0.25) is 10.0 Å². The second kappa shape index (κ2) is 8.50. The maximum absolute atomic E-state index is 13.3. The molecule has 0 aromatic heterocycles. The fourth-order valence-electron chi connectivity index (χ4n) is 1.68. The van der Waals surface area contributed by atoms with Gasteiger partial charge in [0.15, 0.2) is 6.61 Å². The van der Waals surface area contributed by atoms with Crippen LogP contribution in [0, 0.1) is 5.82 Å². The van der Waals surface area contributed by atoms with E-state index in [0.29, 0.717) is 10.0 Å². The van der Waals surface area contributed by atoms with Crippen LogP contribution >= 0.6 is 23.2 Å². The molecule has 1 amide bonds. The van der Waals surface area contributed by atoms with Crippen molar-refractivity contribution >= 4 is 35.3 Å². The predicted molar refractivity (Wildman–Crippen MR) is 88.3 cm³/mol. The summed E-state index contributed by atoms with van der Waals surface area (Å²) < 4.78 is 13.3. The Kier molecular flexibility index (Phi) is 6.38. The first-order valence-electron chi connectivity index (χ1n) is 6.67. The lowest BCUT2D eigenvalue weighted by Crippen LogP contribution is -2.26.